The molecule has 0 fully saturated rings. The van der Waals surface area contributed by atoms with Crippen molar-refractivity contribution in [3.63, 3.8) is 0 Å². The zero-order valence-corrected chi connectivity index (χ0v) is 21.7. The molecule has 8 heteroatoms. The zero-order chi connectivity index (χ0) is 24.1. The van der Waals surface area contributed by atoms with Gasteiger partial charge in [0.2, 0.25) is 15.6 Å². The molecule has 0 heterocycles. The second-order valence-corrected chi connectivity index (χ2v) is 16.2. The van der Waals surface area contributed by atoms with Crippen molar-refractivity contribution in [1.82, 2.24) is 4.72 Å². The number of nitrogens with one attached hydrogen (secondary N) is 1. The van der Waals surface area contributed by atoms with Gasteiger partial charge in [0.05, 0.1) is 4.90 Å². The predicted molar refractivity (Wildman–Crippen MR) is 126 cm³/mol. The van der Waals surface area contributed by atoms with Crippen LogP contribution in [0.15, 0.2) is 41.3 Å². The van der Waals surface area contributed by atoms with Gasteiger partial charge in [0.1, 0.15) is 12.1 Å². The average molecular weight is 462 g/mol. The number of benzene rings is 1. The average Bonchev–Trinajstić information content (AvgIpc) is 2.65. The molecule has 0 aliphatic rings. The number of rotatable bonds is 9. The third-order valence-electron chi connectivity index (χ3n) is 5.69. The van der Waals surface area contributed by atoms with Crippen LogP contribution in [0.5, 0.6) is 0 Å². The van der Waals surface area contributed by atoms with E-state index in [1.165, 1.54) is 0 Å². The van der Waals surface area contributed by atoms with Crippen LogP contribution in [-0.2, 0) is 14.4 Å². The molecule has 0 aliphatic heterocycles. The first-order chi connectivity index (χ1) is 14.1. The molecule has 0 unspecified atom stereocenters. The quantitative estimate of drug-likeness (QED) is 0.409. The second kappa shape index (κ2) is 10.1. The highest BCUT2D eigenvalue weighted by molar-refractivity contribution is 7.89. The number of nitrogens with zero attached hydrogens (tertiary/aromatic N) is 2. The fourth-order valence-corrected chi connectivity index (χ4v) is 5.23. The molecule has 0 aliphatic carbocycles. The van der Waals surface area contributed by atoms with Gasteiger partial charge in [-0.05, 0) is 43.1 Å². The number of sulfonamides is 1. The first-order valence-corrected chi connectivity index (χ1v) is 14.8. The van der Waals surface area contributed by atoms with E-state index in [1.54, 1.807) is 36.4 Å². The van der Waals surface area contributed by atoms with Crippen LogP contribution in [0.2, 0.25) is 18.1 Å². The van der Waals surface area contributed by atoms with Gasteiger partial charge in [0, 0.05) is 12.5 Å². The van der Waals surface area contributed by atoms with Gasteiger partial charge >= 0.3 is 0 Å². The Labute approximate surface area is 189 Å². The van der Waals surface area contributed by atoms with E-state index >= 15 is 0 Å². The lowest BCUT2D eigenvalue weighted by Crippen LogP contribution is -2.48. The first kappa shape index (κ1) is 27.1. The molecular formula is C23H35N3O3SSi. The Hall–Kier alpha value is -1.97. The Morgan fingerprint density at radius 3 is 2.06 bits per heavy atom. The highest BCUT2D eigenvalue weighted by atomic mass is 32.2. The van der Waals surface area contributed by atoms with E-state index < -0.39 is 30.0 Å². The van der Waals surface area contributed by atoms with Crippen molar-refractivity contribution in [1.29, 1.82) is 10.5 Å². The van der Waals surface area contributed by atoms with Gasteiger partial charge in [0.15, 0.2) is 8.32 Å². The van der Waals surface area contributed by atoms with Crippen LogP contribution in [0.3, 0.4) is 0 Å². The number of aryl methyl sites for hydroxylation is 1. The summed E-state index contributed by atoms with van der Waals surface area (Å²) in [6, 6.07) is 10.2. The van der Waals surface area contributed by atoms with E-state index in [0.29, 0.717) is 0 Å². The molecule has 1 N–H and O–H groups in total. The molecule has 1 aromatic rings. The Balaban J connectivity index is 3.07. The lowest BCUT2D eigenvalue weighted by molar-refractivity contribution is 0.168. The van der Waals surface area contributed by atoms with Crippen LogP contribution in [0.4, 0.5) is 0 Å². The molecule has 0 amide bonds. The van der Waals surface area contributed by atoms with Crippen LogP contribution >= 0.6 is 0 Å². The van der Waals surface area contributed by atoms with Crippen LogP contribution in [0, 0.1) is 35.5 Å². The van der Waals surface area contributed by atoms with Crippen molar-refractivity contribution in [2.45, 2.75) is 82.6 Å². The Kier molecular flexibility index (Phi) is 8.81. The Bertz CT molecular complexity index is 949. The van der Waals surface area contributed by atoms with E-state index in [9.17, 15) is 18.9 Å². The highest BCUT2D eigenvalue weighted by Crippen LogP contribution is 2.39. The minimum Gasteiger partial charge on any atom is -0.388 e. The van der Waals surface area contributed by atoms with Crippen molar-refractivity contribution in [2.24, 2.45) is 5.92 Å². The van der Waals surface area contributed by atoms with Crippen molar-refractivity contribution in [3.05, 3.63) is 42.0 Å². The largest absolute Gasteiger partial charge is 0.388 e. The second-order valence-electron chi connectivity index (χ2n) is 9.75. The lowest BCUT2D eigenvalue weighted by Gasteiger charge is -2.39. The summed E-state index contributed by atoms with van der Waals surface area (Å²) in [5.41, 5.74) is -0.623. The number of nitriles is 2. The molecule has 1 rings (SSSR count). The summed E-state index contributed by atoms with van der Waals surface area (Å²) < 4.78 is 34.4. The Morgan fingerprint density at radius 1 is 1.13 bits per heavy atom. The zero-order valence-electron chi connectivity index (χ0n) is 19.9. The summed E-state index contributed by atoms with van der Waals surface area (Å²) in [6.45, 7) is 15.8. The maximum absolute atomic E-state index is 12.8. The fourth-order valence-electron chi connectivity index (χ4n) is 2.54. The van der Waals surface area contributed by atoms with Crippen LogP contribution in [0.1, 0.15) is 46.6 Å². The smallest absolute Gasteiger partial charge is 0.241 e. The molecule has 31 heavy (non-hydrogen) atoms. The number of hydrogen-bond donors (Lipinski definition) is 1. The van der Waals surface area contributed by atoms with Gasteiger partial charge in [-0.15, -0.1) is 0 Å². The van der Waals surface area contributed by atoms with Gasteiger partial charge in [0.25, 0.3) is 0 Å². The normalized spacial score (nSPS) is 14.4. The van der Waals surface area contributed by atoms with Crippen molar-refractivity contribution < 1.29 is 12.8 Å². The maximum atomic E-state index is 12.8. The van der Waals surface area contributed by atoms with E-state index in [1.807, 2.05) is 66.8 Å². The molecule has 0 aromatic heterocycles. The fraction of sp³-hybridized carbons (Fsp3) is 0.565. The minimum atomic E-state index is -3.70. The molecule has 0 radical (unpaired) electrons. The third-order valence-corrected chi connectivity index (χ3v) is 11.6. The SMILES string of the molecule is Cc1ccc(S(=O)(=O)N[C@@H](/C=C/CC(C#N)(C#N)O[Si](C)(C)C(C)(C)C)C(C)C)cc1. The standard InChI is InChI=1S/C23H35N3O3SSi/c1-18(2)21(26-30(27,28)20-13-11-19(3)12-14-20)10-9-15-23(16-24,17-25)29-31(7,8)22(4,5)6/h9-14,18,21,26H,15H2,1-8H3/b10-9+/t21-/m0/s1. The van der Waals surface area contributed by atoms with Crippen molar-refractivity contribution >= 4 is 18.3 Å². The van der Waals surface area contributed by atoms with E-state index in [2.05, 4.69) is 4.72 Å². The van der Waals surface area contributed by atoms with Crippen LogP contribution in [0.25, 0.3) is 0 Å². The molecular weight excluding hydrogens is 426 g/mol. The molecule has 0 spiro atoms. The minimum absolute atomic E-state index is 0.0312. The van der Waals surface area contributed by atoms with Gasteiger partial charge in [-0.3, -0.25) is 0 Å². The molecule has 0 saturated carbocycles. The summed E-state index contributed by atoms with van der Waals surface area (Å²) in [6.07, 6.45) is 3.43. The van der Waals surface area contributed by atoms with E-state index in [4.69, 9.17) is 4.43 Å². The van der Waals surface area contributed by atoms with Crippen molar-refractivity contribution in [2.75, 3.05) is 0 Å². The van der Waals surface area contributed by atoms with E-state index in [0.717, 1.165) is 5.56 Å². The van der Waals surface area contributed by atoms with Gasteiger partial charge in [-0.25, -0.2) is 13.1 Å². The highest BCUT2D eigenvalue weighted by Gasteiger charge is 2.45. The summed E-state index contributed by atoms with van der Waals surface area (Å²) >= 11 is 0. The monoisotopic (exact) mass is 461 g/mol. The van der Waals surface area contributed by atoms with Crippen molar-refractivity contribution in [3.8, 4) is 12.1 Å². The van der Waals surface area contributed by atoms with Crippen LogP contribution in [-0.4, -0.2) is 28.4 Å². The van der Waals surface area contributed by atoms with Crippen LogP contribution < -0.4 is 4.72 Å². The molecule has 1 aromatic carbocycles. The molecule has 170 valence electrons. The topological polar surface area (TPSA) is 103 Å². The predicted octanol–water partition coefficient (Wildman–Crippen LogP) is 5.05. The third kappa shape index (κ3) is 7.29. The maximum Gasteiger partial charge on any atom is 0.241 e. The molecule has 1 atom stereocenters. The summed E-state index contributed by atoms with van der Waals surface area (Å²) in [4.78, 5) is 0.196. The molecule has 0 bridgehead atoms. The summed E-state index contributed by atoms with van der Waals surface area (Å²) in [7, 11) is -6.06. The van der Waals surface area contributed by atoms with E-state index in [-0.39, 0.29) is 22.3 Å². The number of hydrogen-bond acceptors (Lipinski definition) is 5. The van der Waals surface area contributed by atoms with Gasteiger partial charge < -0.3 is 4.43 Å². The molecule has 6 nitrogen and oxygen atoms in total. The van der Waals surface area contributed by atoms with Gasteiger partial charge in [-0.2, -0.15) is 10.5 Å². The lowest BCUT2D eigenvalue weighted by atomic mass is 10.0. The summed E-state index contributed by atoms with van der Waals surface area (Å²) in [5, 5.41) is 19.3. The Morgan fingerprint density at radius 2 is 1.65 bits per heavy atom. The molecule has 0 saturated heterocycles. The first-order valence-electron chi connectivity index (χ1n) is 10.4. The summed E-state index contributed by atoms with van der Waals surface area (Å²) in [5.74, 6) is -0.0312. The van der Waals surface area contributed by atoms with Gasteiger partial charge in [-0.1, -0.05) is 64.5 Å².